The van der Waals surface area contributed by atoms with E-state index in [1.807, 2.05) is 0 Å². The van der Waals surface area contributed by atoms with Crippen LogP contribution in [-0.4, -0.2) is 41.3 Å². The Balaban J connectivity index is 2.89. The highest BCUT2D eigenvalue weighted by molar-refractivity contribution is 4.99. The molecule has 0 amide bonds. The fourth-order valence-corrected chi connectivity index (χ4v) is 3.12. The summed E-state index contributed by atoms with van der Waals surface area (Å²) in [5.41, 5.74) is 6.06. The summed E-state index contributed by atoms with van der Waals surface area (Å²) in [5, 5.41) is 9.64. The molecule has 0 spiro atoms. The lowest BCUT2D eigenvalue weighted by Gasteiger charge is -2.48. The number of rotatable bonds is 4. The zero-order valence-corrected chi connectivity index (χ0v) is 10.5. The lowest BCUT2D eigenvalue weighted by atomic mass is 9.75. The number of hydrogen-bond acceptors (Lipinski definition) is 3. The van der Waals surface area contributed by atoms with Gasteiger partial charge in [-0.3, -0.25) is 4.90 Å². The Morgan fingerprint density at radius 2 is 1.87 bits per heavy atom. The predicted molar refractivity (Wildman–Crippen MR) is 63.7 cm³/mol. The standard InChI is InChI=1S/C12H26N2O/c1-9(2)12(8-13,10(3)4)14-6-5-11(15)7-14/h9-11,15H,5-8,13H2,1-4H3. The lowest BCUT2D eigenvalue weighted by molar-refractivity contribution is 0.0196. The van der Waals surface area contributed by atoms with E-state index in [2.05, 4.69) is 32.6 Å². The van der Waals surface area contributed by atoms with Gasteiger partial charge in [0.25, 0.3) is 0 Å². The van der Waals surface area contributed by atoms with Gasteiger partial charge in [0.05, 0.1) is 6.10 Å². The Morgan fingerprint density at radius 3 is 2.13 bits per heavy atom. The highest BCUT2D eigenvalue weighted by atomic mass is 16.3. The van der Waals surface area contributed by atoms with Crippen molar-refractivity contribution in [2.45, 2.75) is 45.8 Å². The Bertz CT molecular complexity index is 196. The van der Waals surface area contributed by atoms with Gasteiger partial charge in [0, 0.05) is 25.2 Å². The van der Waals surface area contributed by atoms with E-state index in [1.165, 1.54) is 0 Å². The molecule has 3 heteroatoms. The molecule has 1 saturated heterocycles. The van der Waals surface area contributed by atoms with Crippen molar-refractivity contribution in [2.24, 2.45) is 17.6 Å². The molecule has 1 fully saturated rings. The number of aliphatic hydroxyl groups is 1. The van der Waals surface area contributed by atoms with Crippen molar-refractivity contribution in [3.05, 3.63) is 0 Å². The van der Waals surface area contributed by atoms with Gasteiger partial charge < -0.3 is 10.8 Å². The average molecular weight is 214 g/mol. The molecule has 0 aromatic heterocycles. The molecule has 0 aliphatic carbocycles. The minimum absolute atomic E-state index is 0.0531. The van der Waals surface area contributed by atoms with E-state index in [0.717, 1.165) is 19.5 Å². The Morgan fingerprint density at radius 1 is 1.33 bits per heavy atom. The van der Waals surface area contributed by atoms with Gasteiger partial charge >= 0.3 is 0 Å². The number of nitrogens with two attached hydrogens (primary N) is 1. The minimum atomic E-state index is -0.159. The monoisotopic (exact) mass is 214 g/mol. The summed E-state index contributed by atoms with van der Waals surface area (Å²) in [4.78, 5) is 2.40. The van der Waals surface area contributed by atoms with Gasteiger partial charge in [-0.15, -0.1) is 0 Å². The van der Waals surface area contributed by atoms with Crippen molar-refractivity contribution in [3.63, 3.8) is 0 Å². The summed E-state index contributed by atoms with van der Waals surface area (Å²) < 4.78 is 0. The van der Waals surface area contributed by atoms with Crippen LogP contribution in [0.25, 0.3) is 0 Å². The predicted octanol–water partition coefficient (Wildman–Crippen LogP) is 1.06. The second kappa shape index (κ2) is 4.81. The van der Waals surface area contributed by atoms with E-state index in [1.54, 1.807) is 0 Å². The van der Waals surface area contributed by atoms with E-state index in [4.69, 9.17) is 5.73 Å². The first-order valence-electron chi connectivity index (χ1n) is 6.08. The van der Waals surface area contributed by atoms with Crippen molar-refractivity contribution >= 4 is 0 Å². The van der Waals surface area contributed by atoms with Gasteiger partial charge in [-0.1, -0.05) is 27.7 Å². The molecule has 0 radical (unpaired) electrons. The first-order valence-corrected chi connectivity index (χ1v) is 6.08. The molecule has 0 aromatic carbocycles. The van der Waals surface area contributed by atoms with Gasteiger partial charge in [0.15, 0.2) is 0 Å². The summed E-state index contributed by atoms with van der Waals surface area (Å²) in [7, 11) is 0. The van der Waals surface area contributed by atoms with Crippen LogP contribution >= 0.6 is 0 Å². The molecule has 0 aromatic rings. The van der Waals surface area contributed by atoms with E-state index in [0.29, 0.717) is 18.4 Å². The molecular formula is C12H26N2O. The van der Waals surface area contributed by atoms with Crippen LogP contribution in [0.15, 0.2) is 0 Å². The second-order valence-electron chi connectivity index (χ2n) is 5.39. The highest BCUT2D eigenvalue weighted by Gasteiger charge is 2.43. The summed E-state index contributed by atoms with van der Waals surface area (Å²) in [6.07, 6.45) is 0.731. The van der Waals surface area contributed by atoms with Crippen LogP contribution in [0.3, 0.4) is 0 Å². The Labute approximate surface area is 93.6 Å². The molecule has 1 unspecified atom stereocenters. The third kappa shape index (κ3) is 2.19. The van der Waals surface area contributed by atoms with Crippen LogP contribution in [0.5, 0.6) is 0 Å². The van der Waals surface area contributed by atoms with Gasteiger partial charge in [0.2, 0.25) is 0 Å². The van der Waals surface area contributed by atoms with E-state index >= 15 is 0 Å². The van der Waals surface area contributed by atoms with E-state index < -0.39 is 0 Å². The normalized spacial score (nSPS) is 24.4. The second-order valence-corrected chi connectivity index (χ2v) is 5.39. The number of nitrogens with zero attached hydrogens (tertiary/aromatic N) is 1. The third-order valence-electron chi connectivity index (χ3n) is 4.08. The number of β-amino-alcohol motifs (C(OH)–C–C–N with tert-alkyl or cyclic N) is 1. The van der Waals surface area contributed by atoms with Crippen molar-refractivity contribution in [1.82, 2.24) is 4.90 Å². The fraction of sp³-hybridized carbons (Fsp3) is 1.00. The van der Waals surface area contributed by atoms with Crippen LogP contribution in [-0.2, 0) is 0 Å². The third-order valence-corrected chi connectivity index (χ3v) is 4.08. The van der Waals surface area contributed by atoms with Crippen LogP contribution < -0.4 is 5.73 Å². The van der Waals surface area contributed by atoms with Gasteiger partial charge in [-0.05, 0) is 18.3 Å². The molecule has 0 bridgehead atoms. The van der Waals surface area contributed by atoms with Crippen molar-refractivity contribution in [2.75, 3.05) is 19.6 Å². The number of likely N-dealkylation sites (tertiary alicyclic amines) is 1. The van der Waals surface area contributed by atoms with Crippen LogP contribution in [0, 0.1) is 11.8 Å². The molecule has 1 atom stereocenters. The quantitative estimate of drug-likeness (QED) is 0.736. The van der Waals surface area contributed by atoms with E-state index in [-0.39, 0.29) is 11.6 Å². The summed E-state index contributed by atoms with van der Waals surface area (Å²) in [6.45, 7) is 11.4. The molecule has 1 aliphatic rings. The highest BCUT2D eigenvalue weighted by Crippen LogP contribution is 2.34. The summed E-state index contributed by atoms with van der Waals surface area (Å²) in [5.74, 6) is 1.04. The maximum absolute atomic E-state index is 9.64. The molecule has 3 nitrogen and oxygen atoms in total. The Kier molecular flexibility index (Phi) is 4.15. The number of hydrogen-bond donors (Lipinski definition) is 2. The van der Waals surface area contributed by atoms with Crippen molar-refractivity contribution in [1.29, 1.82) is 0 Å². The van der Waals surface area contributed by atoms with Gasteiger partial charge in [0.1, 0.15) is 0 Å². The van der Waals surface area contributed by atoms with Gasteiger partial charge in [-0.25, -0.2) is 0 Å². The van der Waals surface area contributed by atoms with Crippen LogP contribution in [0.4, 0.5) is 0 Å². The maximum atomic E-state index is 9.64. The molecule has 1 rings (SSSR count). The molecule has 1 aliphatic heterocycles. The summed E-state index contributed by atoms with van der Waals surface area (Å²) in [6, 6.07) is 0. The van der Waals surface area contributed by atoms with Crippen LogP contribution in [0.1, 0.15) is 34.1 Å². The zero-order chi connectivity index (χ0) is 11.6. The lowest BCUT2D eigenvalue weighted by Crippen LogP contribution is -2.60. The average Bonchev–Trinajstić information content (AvgIpc) is 2.53. The van der Waals surface area contributed by atoms with Crippen molar-refractivity contribution in [3.8, 4) is 0 Å². The first kappa shape index (κ1) is 12.9. The molecule has 3 N–H and O–H groups in total. The fourth-order valence-electron chi connectivity index (χ4n) is 3.12. The zero-order valence-electron chi connectivity index (χ0n) is 10.5. The largest absolute Gasteiger partial charge is 0.392 e. The number of aliphatic hydroxyl groups excluding tert-OH is 1. The smallest absolute Gasteiger partial charge is 0.0679 e. The van der Waals surface area contributed by atoms with E-state index in [9.17, 15) is 5.11 Å². The molecule has 90 valence electrons. The maximum Gasteiger partial charge on any atom is 0.0679 e. The first-order chi connectivity index (χ1) is 6.95. The topological polar surface area (TPSA) is 49.5 Å². The minimum Gasteiger partial charge on any atom is -0.392 e. The Hall–Kier alpha value is -0.120. The SMILES string of the molecule is CC(C)C(CN)(C(C)C)N1CCC(O)C1. The molecular weight excluding hydrogens is 188 g/mol. The van der Waals surface area contributed by atoms with Gasteiger partial charge in [-0.2, -0.15) is 0 Å². The molecule has 0 saturated carbocycles. The van der Waals surface area contributed by atoms with Crippen LogP contribution in [0.2, 0.25) is 0 Å². The molecule has 15 heavy (non-hydrogen) atoms. The molecule has 1 heterocycles. The summed E-state index contributed by atoms with van der Waals surface area (Å²) >= 11 is 0. The van der Waals surface area contributed by atoms with Crippen molar-refractivity contribution < 1.29 is 5.11 Å².